The molecule has 1 aromatic carbocycles. The molecule has 3 heteroatoms. The van der Waals surface area contributed by atoms with Crippen LogP contribution in [-0.4, -0.2) is 16.5 Å². The number of nitrogens with zero attached hydrogens (tertiary/aromatic N) is 1. The molecule has 0 aliphatic heterocycles. The first-order valence-corrected chi connectivity index (χ1v) is 4.63. The highest BCUT2D eigenvalue weighted by molar-refractivity contribution is 5.41. The molecule has 1 radical (unpaired) electrons. The van der Waals surface area contributed by atoms with Crippen molar-refractivity contribution in [2.45, 2.75) is 6.42 Å². The second-order valence-electron chi connectivity index (χ2n) is 3.03. The third kappa shape index (κ3) is 2.36. The highest BCUT2D eigenvalue weighted by atomic mass is 14.9. The van der Waals surface area contributed by atoms with Crippen LogP contribution in [0.3, 0.4) is 0 Å². The number of aromatic amines is 1. The van der Waals surface area contributed by atoms with Gasteiger partial charge in [-0.25, -0.2) is 4.98 Å². The van der Waals surface area contributed by atoms with E-state index in [2.05, 4.69) is 21.4 Å². The van der Waals surface area contributed by atoms with E-state index in [-0.39, 0.29) is 0 Å². The highest BCUT2D eigenvalue weighted by Gasteiger charge is 1.94. The lowest BCUT2D eigenvalue weighted by Crippen LogP contribution is -2.04. The van der Waals surface area contributed by atoms with Crippen LogP contribution in [0.5, 0.6) is 0 Å². The predicted octanol–water partition coefficient (Wildman–Crippen LogP) is 1.86. The van der Waals surface area contributed by atoms with E-state index in [1.54, 1.807) is 6.33 Å². The second-order valence-corrected chi connectivity index (χ2v) is 3.03. The van der Waals surface area contributed by atoms with Crippen LogP contribution < -0.4 is 5.32 Å². The van der Waals surface area contributed by atoms with Crippen molar-refractivity contribution in [3.05, 3.63) is 48.5 Å². The second kappa shape index (κ2) is 4.46. The molecule has 0 saturated carbocycles. The molecule has 0 atom stereocenters. The predicted molar refractivity (Wildman–Crippen MR) is 56.1 cm³/mol. The Morgan fingerprint density at radius 1 is 1.50 bits per heavy atom. The zero-order chi connectivity index (χ0) is 9.64. The Morgan fingerprint density at radius 2 is 2.50 bits per heavy atom. The van der Waals surface area contributed by atoms with E-state index < -0.39 is 0 Å². The molecule has 2 N–H and O–H groups in total. The van der Waals surface area contributed by atoms with Gasteiger partial charge in [0.25, 0.3) is 0 Å². The summed E-state index contributed by atoms with van der Waals surface area (Å²) in [6.07, 6.45) is 4.54. The maximum atomic E-state index is 4.14. The molecule has 0 bridgehead atoms. The largest absolute Gasteiger partial charge is 0.385 e. The summed E-state index contributed by atoms with van der Waals surface area (Å²) >= 11 is 0. The van der Waals surface area contributed by atoms with E-state index in [4.69, 9.17) is 0 Å². The molecular formula is C11H12N3. The molecule has 0 aliphatic carbocycles. The lowest BCUT2D eigenvalue weighted by atomic mass is 10.3. The van der Waals surface area contributed by atoms with Crippen molar-refractivity contribution in [3.8, 4) is 0 Å². The molecule has 0 saturated heterocycles. The van der Waals surface area contributed by atoms with Gasteiger partial charge in [-0.05, 0) is 18.2 Å². The first kappa shape index (κ1) is 8.81. The number of imidazole rings is 1. The van der Waals surface area contributed by atoms with Crippen LogP contribution in [0.4, 0.5) is 5.69 Å². The minimum absolute atomic E-state index is 0.892. The van der Waals surface area contributed by atoms with Crippen LogP contribution in [0.15, 0.2) is 36.8 Å². The van der Waals surface area contributed by atoms with Crippen molar-refractivity contribution in [3.63, 3.8) is 0 Å². The average Bonchev–Trinajstić information content (AvgIpc) is 2.72. The maximum Gasteiger partial charge on any atom is 0.0923 e. The molecule has 2 aromatic rings. The molecule has 0 spiro atoms. The normalized spacial score (nSPS) is 10.0. The molecule has 0 amide bonds. The molecule has 0 fully saturated rings. The van der Waals surface area contributed by atoms with Crippen LogP contribution in [0, 0.1) is 6.07 Å². The first-order chi connectivity index (χ1) is 6.95. The van der Waals surface area contributed by atoms with Crippen LogP contribution in [0.2, 0.25) is 0 Å². The minimum Gasteiger partial charge on any atom is -0.385 e. The van der Waals surface area contributed by atoms with Gasteiger partial charge in [-0.1, -0.05) is 12.1 Å². The fourth-order valence-corrected chi connectivity index (χ4v) is 1.27. The lowest BCUT2D eigenvalue weighted by molar-refractivity contribution is 0.977. The molecular weight excluding hydrogens is 174 g/mol. The molecule has 1 aromatic heterocycles. The molecule has 71 valence electrons. The van der Waals surface area contributed by atoms with Gasteiger partial charge in [0.2, 0.25) is 0 Å². The minimum atomic E-state index is 0.892. The standard InChI is InChI=1S/C11H12N3/c1-2-4-10(5-3-1)13-7-6-11-8-12-9-14-11/h1-2,4-5,8-9,13H,6-7H2,(H,12,14). The zero-order valence-corrected chi connectivity index (χ0v) is 7.83. The van der Waals surface area contributed by atoms with Gasteiger partial charge >= 0.3 is 0 Å². The van der Waals surface area contributed by atoms with Crippen LogP contribution in [0.25, 0.3) is 0 Å². The van der Waals surface area contributed by atoms with E-state index in [9.17, 15) is 0 Å². The van der Waals surface area contributed by atoms with Crippen molar-refractivity contribution in [2.24, 2.45) is 0 Å². The van der Waals surface area contributed by atoms with Gasteiger partial charge in [0, 0.05) is 24.8 Å². The van der Waals surface area contributed by atoms with Gasteiger partial charge in [-0.3, -0.25) is 0 Å². The van der Waals surface area contributed by atoms with E-state index >= 15 is 0 Å². The summed E-state index contributed by atoms with van der Waals surface area (Å²) < 4.78 is 0. The first-order valence-electron chi connectivity index (χ1n) is 4.63. The Hall–Kier alpha value is -1.77. The van der Waals surface area contributed by atoms with E-state index in [0.29, 0.717) is 0 Å². The summed E-state index contributed by atoms with van der Waals surface area (Å²) in [5.41, 5.74) is 2.18. The topological polar surface area (TPSA) is 40.7 Å². The van der Waals surface area contributed by atoms with Crippen LogP contribution in [-0.2, 0) is 6.42 Å². The number of hydrogen-bond donors (Lipinski definition) is 2. The number of hydrogen-bond acceptors (Lipinski definition) is 2. The summed E-state index contributed by atoms with van der Waals surface area (Å²) in [5, 5.41) is 3.30. The summed E-state index contributed by atoms with van der Waals surface area (Å²) in [5.74, 6) is 0. The average molecular weight is 186 g/mol. The Kier molecular flexibility index (Phi) is 2.81. The Morgan fingerprint density at radius 3 is 3.21 bits per heavy atom. The molecule has 3 nitrogen and oxygen atoms in total. The number of H-pyrrole nitrogens is 1. The molecule has 0 aliphatic rings. The Labute approximate surface area is 83.2 Å². The van der Waals surface area contributed by atoms with Gasteiger partial charge in [0.15, 0.2) is 0 Å². The summed E-state index contributed by atoms with van der Waals surface area (Å²) in [6, 6.07) is 10.8. The monoisotopic (exact) mass is 186 g/mol. The summed E-state index contributed by atoms with van der Waals surface area (Å²) in [4.78, 5) is 7.08. The van der Waals surface area contributed by atoms with Gasteiger partial charge in [-0.15, -0.1) is 0 Å². The number of anilines is 1. The number of aromatic nitrogens is 2. The zero-order valence-electron chi connectivity index (χ0n) is 7.83. The van der Waals surface area contributed by atoms with Crippen molar-refractivity contribution in [1.82, 2.24) is 9.97 Å². The van der Waals surface area contributed by atoms with E-state index in [1.807, 2.05) is 30.5 Å². The number of rotatable bonds is 4. The van der Waals surface area contributed by atoms with Crippen molar-refractivity contribution < 1.29 is 0 Å². The summed E-state index contributed by atoms with van der Waals surface area (Å²) in [6.45, 7) is 0.892. The van der Waals surface area contributed by atoms with Crippen molar-refractivity contribution in [1.29, 1.82) is 0 Å². The van der Waals surface area contributed by atoms with E-state index in [1.165, 1.54) is 0 Å². The van der Waals surface area contributed by atoms with Gasteiger partial charge in [-0.2, -0.15) is 0 Å². The highest BCUT2D eigenvalue weighted by Crippen LogP contribution is 2.04. The number of benzene rings is 1. The maximum absolute atomic E-state index is 4.14. The molecule has 0 unspecified atom stereocenters. The quantitative estimate of drug-likeness (QED) is 0.765. The Balaban J connectivity index is 1.79. The van der Waals surface area contributed by atoms with Gasteiger partial charge in [0.05, 0.1) is 12.0 Å². The lowest BCUT2D eigenvalue weighted by Gasteiger charge is -2.03. The molecule has 2 rings (SSSR count). The fraction of sp³-hybridized carbons (Fsp3) is 0.182. The van der Waals surface area contributed by atoms with Gasteiger partial charge in [0.1, 0.15) is 0 Å². The SMILES string of the molecule is [c]1cccc(NCCc2c[nH]cn2)c1. The third-order valence-electron chi connectivity index (χ3n) is 1.97. The van der Waals surface area contributed by atoms with Crippen LogP contribution in [0.1, 0.15) is 5.69 Å². The Bertz CT molecular complexity index is 353. The summed E-state index contributed by atoms with van der Waals surface area (Å²) in [7, 11) is 0. The third-order valence-corrected chi connectivity index (χ3v) is 1.97. The fourth-order valence-electron chi connectivity index (χ4n) is 1.27. The van der Waals surface area contributed by atoms with E-state index in [0.717, 1.165) is 24.3 Å². The number of nitrogens with one attached hydrogen (secondary N) is 2. The molecule has 14 heavy (non-hydrogen) atoms. The molecule has 1 heterocycles. The van der Waals surface area contributed by atoms with Crippen LogP contribution >= 0.6 is 0 Å². The van der Waals surface area contributed by atoms with Crippen molar-refractivity contribution in [2.75, 3.05) is 11.9 Å². The van der Waals surface area contributed by atoms with Gasteiger partial charge < -0.3 is 10.3 Å². The van der Waals surface area contributed by atoms with Crippen molar-refractivity contribution >= 4 is 5.69 Å². The smallest absolute Gasteiger partial charge is 0.0923 e.